The molecule has 0 aromatic carbocycles. The van der Waals surface area contributed by atoms with Crippen LogP contribution < -0.4 is 11.5 Å². The molecule has 17 heavy (non-hydrogen) atoms. The van der Waals surface area contributed by atoms with Gasteiger partial charge >= 0.3 is 5.97 Å². The number of nitrogens with two attached hydrogens (primary N) is 2. The number of carbonyl (C=O) groups is 1. The highest BCUT2D eigenvalue weighted by atomic mass is 32.1. The lowest BCUT2D eigenvalue weighted by Crippen LogP contribution is -2.19. The Morgan fingerprint density at radius 1 is 1.47 bits per heavy atom. The van der Waals surface area contributed by atoms with Crippen molar-refractivity contribution < 1.29 is 14.3 Å². The van der Waals surface area contributed by atoms with Gasteiger partial charge in [0.25, 0.3) is 0 Å². The number of carboxylic acids is 1. The Kier molecular flexibility index (Phi) is 3.28. The third-order valence-electron chi connectivity index (χ3n) is 2.37. The predicted molar refractivity (Wildman–Crippen MR) is 65.0 cm³/mol. The molecule has 0 saturated heterocycles. The Morgan fingerprint density at radius 2 is 2.24 bits per heavy atom. The Bertz CT molecular complexity index is 532. The van der Waals surface area contributed by atoms with Gasteiger partial charge in [0.05, 0.1) is 6.04 Å². The molecule has 5 nitrogen and oxygen atoms in total. The molecular formula is C11H12N2O3S. The van der Waals surface area contributed by atoms with Crippen molar-refractivity contribution in [2.45, 2.75) is 6.04 Å². The van der Waals surface area contributed by atoms with Crippen LogP contribution in [-0.4, -0.2) is 17.6 Å². The first kappa shape index (κ1) is 11.8. The zero-order valence-corrected chi connectivity index (χ0v) is 9.74. The molecule has 1 atom stereocenters. The fourth-order valence-corrected chi connectivity index (χ4v) is 2.22. The van der Waals surface area contributed by atoms with E-state index in [2.05, 4.69) is 0 Å². The normalized spacial score (nSPS) is 12.6. The highest BCUT2D eigenvalue weighted by Crippen LogP contribution is 2.30. The Morgan fingerprint density at radius 3 is 2.88 bits per heavy atom. The van der Waals surface area contributed by atoms with Gasteiger partial charge in [0.2, 0.25) is 0 Å². The fourth-order valence-electron chi connectivity index (χ4n) is 1.48. The van der Waals surface area contributed by atoms with Crippen molar-refractivity contribution in [2.75, 3.05) is 6.54 Å². The molecule has 0 fully saturated rings. The molecule has 0 bridgehead atoms. The molecule has 2 aromatic rings. The zero-order chi connectivity index (χ0) is 12.4. The van der Waals surface area contributed by atoms with Gasteiger partial charge in [0.1, 0.15) is 16.4 Å². The van der Waals surface area contributed by atoms with Crippen LogP contribution in [0.1, 0.15) is 21.5 Å². The first-order valence-corrected chi connectivity index (χ1v) is 5.88. The molecule has 5 N–H and O–H groups in total. The van der Waals surface area contributed by atoms with Crippen molar-refractivity contribution in [3.05, 3.63) is 34.2 Å². The molecule has 6 heteroatoms. The number of hydrogen-bond acceptors (Lipinski definition) is 5. The van der Waals surface area contributed by atoms with Gasteiger partial charge in [0, 0.05) is 12.1 Å². The summed E-state index contributed by atoms with van der Waals surface area (Å²) in [5, 5.41) is 10.7. The largest absolute Gasteiger partial charge is 0.477 e. The monoisotopic (exact) mass is 252 g/mol. The highest BCUT2D eigenvalue weighted by Gasteiger charge is 2.17. The molecule has 2 rings (SSSR count). The Hall–Kier alpha value is -1.63. The topological polar surface area (TPSA) is 102 Å². The molecule has 0 aliphatic rings. The number of furan rings is 1. The van der Waals surface area contributed by atoms with E-state index in [4.69, 9.17) is 21.0 Å². The summed E-state index contributed by atoms with van der Waals surface area (Å²) in [6.07, 6.45) is 0. The summed E-state index contributed by atoms with van der Waals surface area (Å²) in [6.45, 7) is 0.280. The fraction of sp³-hybridized carbons (Fsp3) is 0.182. The van der Waals surface area contributed by atoms with Crippen molar-refractivity contribution in [1.82, 2.24) is 0 Å². The Labute approximate surface area is 102 Å². The summed E-state index contributed by atoms with van der Waals surface area (Å²) >= 11 is 1.16. The van der Waals surface area contributed by atoms with E-state index in [9.17, 15) is 4.79 Å². The number of aromatic carboxylic acids is 1. The van der Waals surface area contributed by atoms with Gasteiger partial charge in [-0.15, -0.1) is 11.3 Å². The molecule has 2 heterocycles. The molecule has 90 valence electrons. The van der Waals surface area contributed by atoms with E-state index in [-0.39, 0.29) is 17.5 Å². The van der Waals surface area contributed by atoms with Gasteiger partial charge < -0.3 is 21.0 Å². The first-order valence-electron chi connectivity index (χ1n) is 5.00. The highest BCUT2D eigenvalue weighted by molar-refractivity contribution is 7.12. The van der Waals surface area contributed by atoms with E-state index in [1.54, 1.807) is 23.6 Å². The molecule has 0 aliphatic heterocycles. The summed E-state index contributed by atoms with van der Waals surface area (Å²) in [7, 11) is 0. The summed E-state index contributed by atoms with van der Waals surface area (Å²) in [5.74, 6) is 0.101. The SMILES string of the molecule is NCC(N)c1ccc(-c2ccsc2C(=O)O)o1. The van der Waals surface area contributed by atoms with E-state index in [1.807, 2.05) is 0 Å². The van der Waals surface area contributed by atoms with Crippen molar-refractivity contribution in [3.63, 3.8) is 0 Å². The first-order chi connectivity index (χ1) is 8.13. The smallest absolute Gasteiger partial charge is 0.346 e. The lowest BCUT2D eigenvalue weighted by atomic mass is 10.2. The predicted octanol–water partition coefficient (Wildman–Crippen LogP) is 1.66. The van der Waals surface area contributed by atoms with E-state index < -0.39 is 5.97 Å². The Balaban J connectivity index is 2.37. The molecule has 0 saturated carbocycles. The van der Waals surface area contributed by atoms with Crippen molar-refractivity contribution in [2.24, 2.45) is 11.5 Å². The molecule has 0 radical (unpaired) electrons. The van der Waals surface area contributed by atoms with Crippen LogP contribution in [0.5, 0.6) is 0 Å². The minimum atomic E-state index is -0.962. The van der Waals surface area contributed by atoms with Gasteiger partial charge in [-0.05, 0) is 23.6 Å². The second kappa shape index (κ2) is 4.70. The number of carboxylic acid groups (broad SMARTS) is 1. The van der Waals surface area contributed by atoms with Crippen LogP contribution in [0.15, 0.2) is 28.0 Å². The third-order valence-corrected chi connectivity index (χ3v) is 3.27. The van der Waals surface area contributed by atoms with E-state index in [1.165, 1.54) is 0 Å². The second-order valence-electron chi connectivity index (χ2n) is 3.51. The van der Waals surface area contributed by atoms with Crippen molar-refractivity contribution >= 4 is 17.3 Å². The van der Waals surface area contributed by atoms with E-state index in [0.29, 0.717) is 17.1 Å². The van der Waals surface area contributed by atoms with Gasteiger partial charge in [-0.1, -0.05) is 0 Å². The quantitative estimate of drug-likeness (QED) is 0.768. The minimum absolute atomic E-state index is 0.257. The van der Waals surface area contributed by atoms with Gasteiger partial charge in [-0.2, -0.15) is 0 Å². The number of hydrogen-bond donors (Lipinski definition) is 3. The maximum Gasteiger partial charge on any atom is 0.346 e. The van der Waals surface area contributed by atoms with Crippen LogP contribution in [0, 0.1) is 0 Å². The second-order valence-corrected chi connectivity index (χ2v) is 4.43. The molecule has 0 amide bonds. The third kappa shape index (κ3) is 2.23. The van der Waals surface area contributed by atoms with Gasteiger partial charge in [0.15, 0.2) is 0 Å². The molecular weight excluding hydrogens is 240 g/mol. The maximum absolute atomic E-state index is 11.0. The van der Waals surface area contributed by atoms with E-state index >= 15 is 0 Å². The van der Waals surface area contributed by atoms with Crippen molar-refractivity contribution in [1.29, 1.82) is 0 Å². The van der Waals surface area contributed by atoms with Crippen LogP contribution in [0.3, 0.4) is 0 Å². The average molecular weight is 252 g/mol. The molecule has 2 aromatic heterocycles. The summed E-state index contributed by atoms with van der Waals surface area (Å²) in [6, 6.07) is 4.77. The van der Waals surface area contributed by atoms with Crippen LogP contribution in [0.25, 0.3) is 11.3 Å². The van der Waals surface area contributed by atoms with Crippen LogP contribution >= 0.6 is 11.3 Å². The van der Waals surface area contributed by atoms with Crippen LogP contribution in [0.2, 0.25) is 0 Å². The zero-order valence-electron chi connectivity index (χ0n) is 8.92. The van der Waals surface area contributed by atoms with Crippen molar-refractivity contribution in [3.8, 4) is 11.3 Å². The number of rotatable bonds is 4. The molecule has 0 spiro atoms. The lowest BCUT2D eigenvalue weighted by Gasteiger charge is -2.03. The average Bonchev–Trinajstić information content (AvgIpc) is 2.95. The van der Waals surface area contributed by atoms with Gasteiger partial charge in [-0.3, -0.25) is 0 Å². The van der Waals surface area contributed by atoms with Gasteiger partial charge in [-0.25, -0.2) is 4.79 Å². The minimum Gasteiger partial charge on any atom is -0.477 e. The summed E-state index contributed by atoms with van der Waals surface area (Å²) in [4.78, 5) is 11.2. The molecule has 0 aliphatic carbocycles. The van der Waals surface area contributed by atoms with Crippen LogP contribution in [-0.2, 0) is 0 Å². The van der Waals surface area contributed by atoms with E-state index in [0.717, 1.165) is 11.3 Å². The van der Waals surface area contributed by atoms with Crippen LogP contribution in [0.4, 0.5) is 0 Å². The lowest BCUT2D eigenvalue weighted by molar-refractivity contribution is 0.0702. The summed E-state index contributed by atoms with van der Waals surface area (Å²) in [5.41, 5.74) is 11.7. The number of thiophene rings is 1. The molecule has 1 unspecified atom stereocenters. The summed E-state index contributed by atoms with van der Waals surface area (Å²) < 4.78 is 5.51. The maximum atomic E-state index is 11.0. The standard InChI is InChI=1S/C11H12N2O3S/c12-5-7(13)9-2-1-8(16-9)6-3-4-17-10(6)11(14)15/h1-4,7H,5,12-13H2,(H,14,15).